The zero-order valence-electron chi connectivity index (χ0n) is 15.5. The van der Waals surface area contributed by atoms with Gasteiger partial charge in [-0.25, -0.2) is 0 Å². The van der Waals surface area contributed by atoms with Crippen LogP contribution in [0, 0.1) is 11.3 Å². The van der Waals surface area contributed by atoms with Crippen molar-refractivity contribution < 1.29 is 19.4 Å². The molecule has 7 heteroatoms. The van der Waals surface area contributed by atoms with Gasteiger partial charge in [0.25, 0.3) is 0 Å². The summed E-state index contributed by atoms with van der Waals surface area (Å²) in [5.74, 6) is 0.140. The number of aromatic nitrogens is 1. The number of pyridine rings is 1. The Balaban J connectivity index is 1.34. The normalized spacial score (nSPS) is 28.5. The van der Waals surface area contributed by atoms with Crippen molar-refractivity contribution in [2.45, 2.75) is 44.2 Å². The van der Waals surface area contributed by atoms with Crippen LogP contribution >= 0.6 is 0 Å². The van der Waals surface area contributed by atoms with Gasteiger partial charge in [-0.05, 0) is 31.4 Å². The van der Waals surface area contributed by atoms with Crippen molar-refractivity contribution in [1.29, 1.82) is 0 Å². The molecule has 3 heterocycles. The van der Waals surface area contributed by atoms with Crippen molar-refractivity contribution in [2.24, 2.45) is 11.3 Å². The Morgan fingerprint density at radius 1 is 1.33 bits per heavy atom. The van der Waals surface area contributed by atoms with E-state index in [1.807, 2.05) is 23.1 Å². The van der Waals surface area contributed by atoms with Gasteiger partial charge in [0.05, 0.1) is 37.5 Å². The van der Waals surface area contributed by atoms with Crippen molar-refractivity contribution in [2.75, 3.05) is 26.3 Å². The molecule has 3 aliphatic rings. The van der Waals surface area contributed by atoms with Gasteiger partial charge >= 0.3 is 0 Å². The molecule has 0 spiro atoms. The molecular formula is C20H27N3O4. The maximum atomic E-state index is 12.6. The molecule has 0 aromatic carbocycles. The predicted octanol–water partition coefficient (Wildman–Crippen LogP) is 0.868. The van der Waals surface area contributed by atoms with E-state index in [-0.39, 0.29) is 29.6 Å². The Kier molecular flexibility index (Phi) is 4.90. The maximum Gasteiger partial charge on any atom is 0.225 e. The molecule has 2 atom stereocenters. The minimum atomic E-state index is -0.807. The van der Waals surface area contributed by atoms with Gasteiger partial charge in [-0.1, -0.05) is 6.07 Å². The number of rotatable bonds is 6. The second-order valence-corrected chi connectivity index (χ2v) is 8.38. The van der Waals surface area contributed by atoms with E-state index in [4.69, 9.17) is 4.74 Å². The van der Waals surface area contributed by atoms with Crippen LogP contribution in [0.3, 0.4) is 0 Å². The van der Waals surface area contributed by atoms with Crippen molar-refractivity contribution in [1.82, 2.24) is 15.2 Å². The van der Waals surface area contributed by atoms with Crippen LogP contribution in [0.4, 0.5) is 0 Å². The number of nitrogens with one attached hydrogen (secondary N) is 1. The first-order valence-electron chi connectivity index (χ1n) is 9.73. The first kappa shape index (κ1) is 18.4. The molecule has 0 unspecified atom stereocenters. The van der Waals surface area contributed by atoms with E-state index >= 15 is 0 Å². The summed E-state index contributed by atoms with van der Waals surface area (Å²) >= 11 is 0. The molecule has 2 saturated heterocycles. The van der Waals surface area contributed by atoms with E-state index in [1.165, 1.54) is 0 Å². The second-order valence-electron chi connectivity index (χ2n) is 8.38. The first-order chi connectivity index (χ1) is 13.0. The van der Waals surface area contributed by atoms with Crippen molar-refractivity contribution in [3.05, 3.63) is 30.1 Å². The van der Waals surface area contributed by atoms with Gasteiger partial charge in [-0.2, -0.15) is 0 Å². The van der Waals surface area contributed by atoms with Crippen molar-refractivity contribution in [3.63, 3.8) is 0 Å². The molecule has 4 rings (SSSR count). The van der Waals surface area contributed by atoms with Gasteiger partial charge in [0.15, 0.2) is 0 Å². The molecule has 1 aliphatic carbocycles. The molecular weight excluding hydrogens is 346 g/mol. The number of hydrogen-bond donors (Lipinski definition) is 2. The van der Waals surface area contributed by atoms with E-state index < -0.39 is 5.60 Å². The number of carbonyl (C=O) groups is 2. The highest BCUT2D eigenvalue weighted by Gasteiger charge is 2.53. The van der Waals surface area contributed by atoms with E-state index in [1.54, 1.807) is 6.20 Å². The Bertz CT molecular complexity index is 706. The Labute approximate surface area is 159 Å². The summed E-state index contributed by atoms with van der Waals surface area (Å²) < 4.78 is 5.66. The molecule has 0 bridgehead atoms. The lowest BCUT2D eigenvalue weighted by atomic mass is 9.77. The summed E-state index contributed by atoms with van der Waals surface area (Å²) in [7, 11) is 0. The van der Waals surface area contributed by atoms with E-state index in [9.17, 15) is 14.7 Å². The average molecular weight is 373 g/mol. The second kappa shape index (κ2) is 7.20. The van der Waals surface area contributed by atoms with Gasteiger partial charge in [0.1, 0.15) is 0 Å². The molecule has 2 aliphatic heterocycles. The van der Waals surface area contributed by atoms with Crippen LogP contribution < -0.4 is 5.32 Å². The largest absolute Gasteiger partial charge is 0.389 e. The minimum absolute atomic E-state index is 0.000122. The number of carbonyl (C=O) groups excluding carboxylic acids is 2. The highest BCUT2D eigenvalue weighted by molar-refractivity contribution is 5.79. The van der Waals surface area contributed by atoms with E-state index in [0.29, 0.717) is 52.1 Å². The predicted molar refractivity (Wildman–Crippen MR) is 97.4 cm³/mol. The zero-order valence-corrected chi connectivity index (χ0v) is 15.5. The van der Waals surface area contributed by atoms with Crippen LogP contribution in [-0.4, -0.2) is 58.7 Å². The Morgan fingerprint density at radius 2 is 2.19 bits per heavy atom. The summed E-state index contributed by atoms with van der Waals surface area (Å²) in [6, 6.07) is 5.61. The quantitative estimate of drug-likeness (QED) is 0.772. The smallest absolute Gasteiger partial charge is 0.225 e. The fourth-order valence-electron chi connectivity index (χ4n) is 4.50. The third-order valence-corrected chi connectivity index (χ3v) is 6.34. The fraction of sp³-hybridized carbons (Fsp3) is 0.650. The summed E-state index contributed by atoms with van der Waals surface area (Å²) in [6.45, 7) is 2.63. The van der Waals surface area contributed by atoms with Gasteiger partial charge in [-0.15, -0.1) is 0 Å². The number of amides is 2. The number of likely N-dealkylation sites (tertiary alicyclic amines) is 1. The monoisotopic (exact) mass is 373 g/mol. The summed E-state index contributed by atoms with van der Waals surface area (Å²) in [5.41, 5.74) is -0.301. The van der Waals surface area contributed by atoms with Gasteiger partial charge in [0.2, 0.25) is 11.8 Å². The van der Waals surface area contributed by atoms with Gasteiger partial charge < -0.3 is 20.1 Å². The molecule has 146 valence electrons. The number of aliphatic hydroxyl groups is 1. The number of ether oxygens (including phenoxy) is 1. The molecule has 1 saturated carbocycles. The van der Waals surface area contributed by atoms with Crippen LogP contribution in [0.1, 0.15) is 37.8 Å². The van der Waals surface area contributed by atoms with Crippen LogP contribution in [0.15, 0.2) is 24.4 Å². The van der Waals surface area contributed by atoms with Crippen molar-refractivity contribution in [3.8, 4) is 0 Å². The van der Waals surface area contributed by atoms with Crippen LogP contribution in [-0.2, 0) is 20.9 Å². The van der Waals surface area contributed by atoms with Crippen LogP contribution in [0.2, 0.25) is 0 Å². The molecule has 0 radical (unpaired) electrons. The van der Waals surface area contributed by atoms with E-state index in [2.05, 4.69) is 10.3 Å². The van der Waals surface area contributed by atoms with Gasteiger partial charge in [-0.3, -0.25) is 14.6 Å². The molecule has 3 fully saturated rings. The number of hydrogen-bond acceptors (Lipinski definition) is 5. The Morgan fingerprint density at radius 3 is 2.89 bits per heavy atom. The lowest BCUT2D eigenvalue weighted by Crippen LogP contribution is -2.44. The molecule has 1 aromatic rings. The molecule has 1 aromatic heterocycles. The van der Waals surface area contributed by atoms with Gasteiger partial charge in [0, 0.05) is 37.0 Å². The standard InChI is InChI=1S/C20H27N3O4/c24-17(22-10-16-4-1-2-7-21-16)8-19-13-23(11-15(19)12-27-14-19)18(25)9-20(26)5-3-6-20/h1-2,4,7,15,26H,3,5-6,8-14H2,(H,22,24)/t15-,19+/m1/s1. The number of fused-ring (bicyclic) bond motifs is 1. The van der Waals surface area contributed by atoms with E-state index in [0.717, 1.165) is 12.1 Å². The SMILES string of the molecule is O=C(C[C@]12COC[C@H]1CN(C(=O)CC1(O)CCC1)C2)NCc1ccccn1. The summed E-state index contributed by atoms with van der Waals surface area (Å²) in [6.07, 6.45) is 4.65. The zero-order chi connectivity index (χ0) is 18.9. The molecule has 2 amide bonds. The summed E-state index contributed by atoms with van der Waals surface area (Å²) in [5, 5.41) is 13.2. The molecule has 27 heavy (non-hydrogen) atoms. The average Bonchev–Trinajstić information content (AvgIpc) is 3.16. The van der Waals surface area contributed by atoms with Crippen molar-refractivity contribution >= 4 is 11.8 Å². The molecule has 7 nitrogen and oxygen atoms in total. The lowest BCUT2D eigenvalue weighted by Gasteiger charge is -2.37. The number of nitrogens with zero attached hydrogens (tertiary/aromatic N) is 2. The highest BCUT2D eigenvalue weighted by Crippen LogP contribution is 2.45. The molecule has 2 N–H and O–H groups in total. The topological polar surface area (TPSA) is 91.8 Å². The van der Waals surface area contributed by atoms with Crippen LogP contribution in [0.5, 0.6) is 0 Å². The van der Waals surface area contributed by atoms with Crippen LogP contribution in [0.25, 0.3) is 0 Å². The minimum Gasteiger partial charge on any atom is -0.389 e. The lowest BCUT2D eigenvalue weighted by molar-refractivity contribution is -0.140. The first-order valence-corrected chi connectivity index (χ1v) is 9.73. The Hall–Kier alpha value is -1.99. The third-order valence-electron chi connectivity index (χ3n) is 6.34. The third kappa shape index (κ3) is 3.84. The fourth-order valence-corrected chi connectivity index (χ4v) is 4.50. The maximum absolute atomic E-state index is 12.6. The highest BCUT2D eigenvalue weighted by atomic mass is 16.5. The summed E-state index contributed by atoms with van der Waals surface area (Å²) in [4.78, 5) is 31.2.